The molecule has 22 heavy (non-hydrogen) atoms. The van der Waals surface area contributed by atoms with E-state index in [9.17, 15) is 13.2 Å². The average molecular weight is 323 g/mol. The van der Waals surface area contributed by atoms with Gasteiger partial charge in [-0.1, -0.05) is 12.1 Å². The van der Waals surface area contributed by atoms with Crippen molar-refractivity contribution >= 4 is 15.7 Å². The summed E-state index contributed by atoms with van der Waals surface area (Å²) in [6.45, 7) is 0. The van der Waals surface area contributed by atoms with E-state index >= 15 is 0 Å². The first-order valence-electron chi connectivity index (χ1n) is 7.63. The van der Waals surface area contributed by atoms with Gasteiger partial charge >= 0.3 is 0 Å². The zero-order valence-electron chi connectivity index (χ0n) is 12.6. The van der Waals surface area contributed by atoms with E-state index in [0.717, 1.165) is 24.2 Å². The lowest BCUT2D eigenvalue weighted by atomic mass is 10.0. The molecule has 1 saturated carbocycles. The molecule has 1 saturated heterocycles. The first-order chi connectivity index (χ1) is 10.5. The van der Waals surface area contributed by atoms with Crippen LogP contribution in [0.15, 0.2) is 24.3 Å². The maximum absolute atomic E-state index is 12.4. The van der Waals surface area contributed by atoms with Gasteiger partial charge in [-0.05, 0) is 42.9 Å². The normalized spacial score (nSPS) is 24.7. The fraction of sp³-hybridized carbons (Fsp3) is 0.562. The van der Waals surface area contributed by atoms with E-state index in [-0.39, 0.29) is 23.5 Å². The largest absolute Gasteiger partial charge is 0.497 e. The van der Waals surface area contributed by atoms with Crippen molar-refractivity contribution in [3.05, 3.63) is 29.8 Å². The molecule has 3 rings (SSSR count). The lowest BCUT2D eigenvalue weighted by Gasteiger charge is -2.21. The van der Waals surface area contributed by atoms with Gasteiger partial charge in [0.25, 0.3) is 0 Å². The molecule has 2 atom stereocenters. The van der Waals surface area contributed by atoms with Crippen molar-refractivity contribution in [2.75, 3.05) is 18.6 Å². The molecule has 2 fully saturated rings. The Balaban J connectivity index is 1.70. The monoisotopic (exact) mass is 323 g/mol. The fourth-order valence-electron chi connectivity index (χ4n) is 2.99. The Kier molecular flexibility index (Phi) is 4.12. The van der Waals surface area contributed by atoms with Crippen molar-refractivity contribution in [3.63, 3.8) is 0 Å². The number of nitrogens with one attached hydrogen (secondary N) is 1. The number of hydrogen-bond donors (Lipinski definition) is 1. The van der Waals surface area contributed by atoms with E-state index in [2.05, 4.69) is 5.32 Å². The number of hydrogen-bond acceptors (Lipinski definition) is 4. The minimum absolute atomic E-state index is 0.0150. The van der Waals surface area contributed by atoms with Gasteiger partial charge in [0.15, 0.2) is 9.84 Å². The summed E-state index contributed by atoms with van der Waals surface area (Å²) in [4.78, 5) is 12.4. The second-order valence-electron chi connectivity index (χ2n) is 6.20. The van der Waals surface area contributed by atoms with E-state index in [1.54, 1.807) is 7.11 Å². The van der Waals surface area contributed by atoms with Crippen molar-refractivity contribution in [1.29, 1.82) is 0 Å². The SMILES string of the molecule is COc1ccc(C(NC(=O)C2CCS(=O)(=O)C2)C2CC2)cc1. The molecule has 0 bridgehead atoms. The molecule has 2 aliphatic rings. The molecule has 1 heterocycles. The summed E-state index contributed by atoms with van der Waals surface area (Å²) in [5, 5.41) is 3.07. The number of carbonyl (C=O) groups excluding carboxylic acids is 1. The summed E-state index contributed by atoms with van der Waals surface area (Å²) in [5.41, 5.74) is 1.05. The van der Waals surface area contributed by atoms with Gasteiger partial charge in [0.05, 0.1) is 30.6 Å². The topological polar surface area (TPSA) is 72.5 Å². The van der Waals surface area contributed by atoms with E-state index < -0.39 is 15.8 Å². The van der Waals surface area contributed by atoms with Crippen LogP contribution in [0.4, 0.5) is 0 Å². The second kappa shape index (κ2) is 5.91. The van der Waals surface area contributed by atoms with E-state index in [4.69, 9.17) is 4.74 Å². The molecule has 5 nitrogen and oxygen atoms in total. The summed E-state index contributed by atoms with van der Waals surface area (Å²) < 4.78 is 28.2. The average Bonchev–Trinajstić information content (AvgIpc) is 3.28. The summed E-state index contributed by atoms with van der Waals surface area (Å²) in [6, 6.07) is 7.68. The lowest BCUT2D eigenvalue weighted by molar-refractivity contribution is -0.125. The molecule has 0 aromatic heterocycles. The van der Waals surface area contributed by atoms with Crippen molar-refractivity contribution in [2.24, 2.45) is 11.8 Å². The van der Waals surface area contributed by atoms with Gasteiger partial charge in [-0.15, -0.1) is 0 Å². The minimum Gasteiger partial charge on any atom is -0.497 e. The quantitative estimate of drug-likeness (QED) is 0.895. The number of amides is 1. The van der Waals surface area contributed by atoms with Gasteiger partial charge in [-0.2, -0.15) is 0 Å². The molecular formula is C16H21NO4S. The number of carbonyl (C=O) groups is 1. The smallest absolute Gasteiger partial charge is 0.224 e. The highest BCUT2D eigenvalue weighted by atomic mass is 32.2. The maximum atomic E-state index is 12.4. The molecular weight excluding hydrogens is 302 g/mol. The summed E-state index contributed by atoms with van der Waals surface area (Å²) in [6.07, 6.45) is 2.63. The molecule has 6 heteroatoms. The van der Waals surface area contributed by atoms with E-state index in [0.29, 0.717) is 12.3 Å². The zero-order chi connectivity index (χ0) is 15.7. The highest BCUT2D eigenvalue weighted by molar-refractivity contribution is 7.91. The first-order valence-corrected chi connectivity index (χ1v) is 9.45. The van der Waals surface area contributed by atoms with Crippen molar-refractivity contribution in [3.8, 4) is 5.75 Å². The van der Waals surface area contributed by atoms with Gasteiger partial charge in [0.2, 0.25) is 5.91 Å². The van der Waals surface area contributed by atoms with E-state index in [1.165, 1.54) is 0 Å². The number of ether oxygens (including phenoxy) is 1. The molecule has 2 unspecified atom stereocenters. The number of sulfone groups is 1. The Morgan fingerprint density at radius 2 is 1.91 bits per heavy atom. The zero-order valence-corrected chi connectivity index (χ0v) is 13.4. The van der Waals surface area contributed by atoms with Crippen LogP contribution in [-0.4, -0.2) is 32.9 Å². The molecule has 1 N–H and O–H groups in total. The summed E-state index contributed by atoms with van der Waals surface area (Å²) in [5.74, 6) is 0.820. The number of benzene rings is 1. The molecule has 1 aliphatic heterocycles. The third-order valence-electron chi connectivity index (χ3n) is 4.47. The molecule has 1 aromatic rings. The Bertz CT molecular complexity index is 649. The van der Waals surface area contributed by atoms with Crippen LogP contribution in [0.5, 0.6) is 5.75 Å². The Labute approximate surface area is 131 Å². The van der Waals surface area contributed by atoms with Crippen LogP contribution in [0.25, 0.3) is 0 Å². The molecule has 1 amide bonds. The third-order valence-corrected chi connectivity index (χ3v) is 6.24. The molecule has 0 radical (unpaired) electrons. The Morgan fingerprint density at radius 3 is 2.41 bits per heavy atom. The highest BCUT2D eigenvalue weighted by Gasteiger charge is 2.37. The van der Waals surface area contributed by atoms with Crippen LogP contribution >= 0.6 is 0 Å². The van der Waals surface area contributed by atoms with Crippen LogP contribution in [0.2, 0.25) is 0 Å². The summed E-state index contributed by atoms with van der Waals surface area (Å²) >= 11 is 0. The standard InChI is InChI=1S/C16H21NO4S/c1-21-14-6-4-12(5-7-14)15(11-2-3-11)17-16(18)13-8-9-22(19,20)10-13/h4-7,11,13,15H,2-3,8-10H2,1H3,(H,17,18). The molecule has 1 aromatic carbocycles. The van der Waals surface area contributed by atoms with Crippen molar-refractivity contribution < 1.29 is 17.9 Å². The molecule has 0 spiro atoms. The predicted octanol–water partition coefficient (Wildman–Crippen LogP) is 1.70. The van der Waals surface area contributed by atoms with Crippen LogP contribution in [-0.2, 0) is 14.6 Å². The van der Waals surface area contributed by atoms with Crippen molar-refractivity contribution in [2.45, 2.75) is 25.3 Å². The van der Waals surface area contributed by atoms with E-state index in [1.807, 2.05) is 24.3 Å². The lowest BCUT2D eigenvalue weighted by Crippen LogP contribution is -2.35. The highest BCUT2D eigenvalue weighted by Crippen LogP contribution is 2.41. The van der Waals surface area contributed by atoms with Gasteiger partial charge in [-0.25, -0.2) is 8.42 Å². The van der Waals surface area contributed by atoms with Gasteiger partial charge in [-0.3, -0.25) is 4.79 Å². The molecule has 120 valence electrons. The van der Waals surface area contributed by atoms with Gasteiger partial charge in [0, 0.05) is 0 Å². The van der Waals surface area contributed by atoms with Gasteiger partial charge < -0.3 is 10.1 Å². The number of methoxy groups -OCH3 is 1. The van der Waals surface area contributed by atoms with Gasteiger partial charge in [0.1, 0.15) is 5.75 Å². The van der Waals surface area contributed by atoms with Crippen LogP contribution in [0.3, 0.4) is 0 Å². The maximum Gasteiger partial charge on any atom is 0.224 e. The fourth-order valence-corrected chi connectivity index (χ4v) is 4.73. The van der Waals surface area contributed by atoms with Crippen LogP contribution < -0.4 is 10.1 Å². The third kappa shape index (κ3) is 3.43. The predicted molar refractivity (Wildman–Crippen MR) is 83.4 cm³/mol. The minimum atomic E-state index is -3.03. The van der Waals surface area contributed by atoms with Crippen LogP contribution in [0.1, 0.15) is 30.9 Å². The number of rotatable bonds is 5. The Morgan fingerprint density at radius 1 is 1.23 bits per heavy atom. The first kappa shape index (κ1) is 15.3. The second-order valence-corrected chi connectivity index (χ2v) is 8.43. The van der Waals surface area contributed by atoms with Crippen LogP contribution in [0, 0.1) is 11.8 Å². The molecule has 1 aliphatic carbocycles. The summed E-state index contributed by atoms with van der Waals surface area (Å²) in [7, 11) is -1.41. The Hall–Kier alpha value is -1.56. The van der Waals surface area contributed by atoms with Crippen molar-refractivity contribution in [1.82, 2.24) is 5.32 Å².